The van der Waals surface area contributed by atoms with Crippen molar-refractivity contribution in [2.24, 2.45) is 11.5 Å². The molecule has 0 aromatic heterocycles. The third kappa shape index (κ3) is 4.24. The van der Waals surface area contributed by atoms with Crippen molar-refractivity contribution < 1.29 is 14.6 Å². The molecule has 114 valence electrons. The summed E-state index contributed by atoms with van der Waals surface area (Å²) in [5.41, 5.74) is 11.9. The Morgan fingerprint density at radius 3 is 2.25 bits per heavy atom. The van der Waals surface area contributed by atoms with E-state index in [9.17, 15) is 5.11 Å². The second-order valence-electron chi connectivity index (χ2n) is 4.37. The van der Waals surface area contributed by atoms with E-state index in [4.69, 9.17) is 32.5 Å². The van der Waals surface area contributed by atoms with Crippen molar-refractivity contribution in [1.82, 2.24) is 0 Å². The van der Waals surface area contributed by atoms with Gasteiger partial charge in [0.1, 0.15) is 0 Å². The highest BCUT2D eigenvalue weighted by Crippen LogP contribution is 2.37. The molecule has 0 aliphatic rings. The maximum absolute atomic E-state index is 10.3. The molecule has 0 radical (unpaired) electrons. The lowest BCUT2D eigenvalue weighted by molar-refractivity contribution is 0.142. The van der Waals surface area contributed by atoms with Crippen molar-refractivity contribution >= 4 is 11.6 Å². The maximum atomic E-state index is 10.3. The third-order valence-electron chi connectivity index (χ3n) is 2.89. The van der Waals surface area contributed by atoms with E-state index in [1.165, 1.54) is 0 Å². The summed E-state index contributed by atoms with van der Waals surface area (Å²) in [6.45, 7) is 5.16. The summed E-state index contributed by atoms with van der Waals surface area (Å²) >= 11 is 6.19. The summed E-state index contributed by atoms with van der Waals surface area (Å²) < 4.78 is 11.0. The third-order valence-corrected chi connectivity index (χ3v) is 3.21. The number of nitrogens with two attached hydrogens (primary N) is 2. The Morgan fingerprint density at radius 2 is 1.75 bits per heavy atom. The van der Waals surface area contributed by atoms with Gasteiger partial charge in [-0.25, -0.2) is 0 Å². The van der Waals surface area contributed by atoms with Crippen molar-refractivity contribution in [2.45, 2.75) is 32.4 Å². The van der Waals surface area contributed by atoms with Gasteiger partial charge in [-0.1, -0.05) is 11.6 Å². The molecule has 6 heteroatoms. The topological polar surface area (TPSA) is 90.7 Å². The molecule has 5 nitrogen and oxygen atoms in total. The summed E-state index contributed by atoms with van der Waals surface area (Å²) in [5.74, 6) is 1.11. The van der Waals surface area contributed by atoms with Gasteiger partial charge in [-0.3, -0.25) is 0 Å². The van der Waals surface area contributed by atoms with Crippen LogP contribution >= 0.6 is 11.6 Å². The predicted octanol–water partition coefficient (Wildman–Crippen LogP) is 1.85. The number of benzene rings is 1. The minimum Gasteiger partial charge on any atom is -0.490 e. The Kier molecular flexibility index (Phi) is 7.09. The highest BCUT2D eigenvalue weighted by molar-refractivity contribution is 6.31. The molecule has 0 amide bonds. The first kappa shape index (κ1) is 17.0. The van der Waals surface area contributed by atoms with E-state index in [-0.39, 0.29) is 0 Å². The normalized spacial score (nSPS) is 13.9. The summed E-state index contributed by atoms with van der Waals surface area (Å²) in [4.78, 5) is 0. The number of aliphatic hydroxyl groups excluding tert-OH is 1. The minimum absolute atomic E-state index is 0.400. The lowest BCUT2D eigenvalue weighted by Crippen LogP contribution is -2.31. The molecule has 0 spiro atoms. The molecule has 0 bridgehead atoms. The Labute approximate surface area is 124 Å². The van der Waals surface area contributed by atoms with E-state index in [1.807, 2.05) is 13.8 Å². The Morgan fingerprint density at radius 1 is 1.20 bits per heavy atom. The Hall–Kier alpha value is -1.01. The van der Waals surface area contributed by atoms with Gasteiger partial charge in [0.2, 0.25) is 0 Å². The fourth-order valence-electron chi connectivity index (χ4n) is 1.90. The van der Waals surface area contributed by atoms with Gasteiger partial charge in [0.05, 0.1) is 24.3 Å². The van der Waals surface area contributed by atoms with Gasteiger partial charge < -0.3 is 26.0 Å². The van der Waals surface area contributed by atoms with Crippen LogP contribution < -0.4 is 20.9 Å². The molecular weight excluding hydrogens is 280 g/mol. The predicted molar refractivity (Wildman–Crippen MR) is 80.4 cm³/mol. The fourth-order valence-corrected chi connectivity index (χ4v) is 2.16. The van der Waals surface area contributed by atoms with Crippen LogP contribution in [0, 0.1) is 0 Å². The van der Waals surface area contributed by atoms with E-state index in [0.717, 1.165) is 0 Å². The zero-order chi connectivity index (χ0) is 15.1. The van der Waals surface area contributed by atoms with Gasteiger partial charge >= 0.3 is 0 Å². The molecule has 1 rings (SSSR count). The molecule has 0 heterocycles. The second kappa shape index (κ2) is 8.32. The van der Waals surface area contributed by atoms with E-state index in [0.29, 0.717) is 48.3 Å². The van der Waals surface area contributed by atoms with Crippen LogP contribution in [0.4, 0.5) is 0 Å². The smallest absolute Gasteiger partial charge is 0.162 e. The molecule has 0 aliphatic carbocycles. The molecule has 0 saturated heterocycles. The van der Waals surface area contributed by atoms with Gasteiger partial charge in [0, 0.05) is 17.7 Å². The largest absolute Gasteiger partial charge is 0.490 e. The number of hydrogen-bond donors (Lipinski definition) is 3. The molecular formula is C14H23ClN2O3. The van der Waals surface area contributed by atoms with Crippen LogP contribution in [-0.2, 0) is 0 Å². The molecule has 1 aromatic carbocycles. The minimum atomic E-state index is -0.888. The average Bonchev–Trinajstić information content (AvgIpc) is 2.41. The highest BCUT2D eigenvalue weighted by Gasteiger charge is 2.21. The van der Waals surface area contributed by atoms with Crippen LogP contribution in [-0.4, -0.2) is 30.9 Å². The number of hydrogen-bond acceptors (Lipinski definition) is 5. The van der Waals surface area contributed by atoms with Crippen LogP contribution in [0.25, 0.3) is 0 Å². The van der Waals surface area contributed by atoms with Gasteiger partial charge in [-0.2, -0.15) is 0 Å². The van der Waals surface area contributed by atoms with E-state index in [1.54, 1.807) is 12.1 Å². The zero-order valence-electron chi connectivity index (χ0n) is 11.9. The van der Waals surface area contributed by atoms with Crippen LogP contribution in [0.15, 0.2) is 12.1 Å². The molecule has 0 fully saturated rings. The van der Waals surface area contributed by atoms with Crippen molar-refractivity contribution in [3.8, 4) is 11.5 Å². The highest BCUT2D eigenvalue weighted by atomic mass is 35.5. The summed E-state index contributed by atoms with van der Waals surface area (Å²) in [6.07, 6.45) is -0.379. The molecule has 2 atom stereocenters. The van der Waals surface area contributed by atoms with Crippen LogP contribution in [0.1, 0.15) is 31.9 Å². The molecule has 1 aromatic rings. The van der Waals surface area contributed by atoms with Crippen LogP contribution in [0.5, 0.6) is 11.5 Å². The van der Waals surface area contributed by atoms with Crippen molar-refractivity contribution in [3.63, 3.8) is 0 Å². The molecule has 5 N–H and O–H groups in total. The van der Waals surface area contributed by atoms with Gasteiger partial charge in [-0.15, -0.1) is 0 Å². The SMILES string of the molecule is CCOc1cc(Cl)c(C(O)C(N)CCN)cc1OCC. The van der Waals surface area contributed by atoms with E-state index >= 15 is 0 Å². The zero-order valence-corrected chi connectivity index (χ0v) is 12.7. The van der Waals surface area contributed by atoms with Crippen LogP contribution in [0.2, 0.25) is 5.02 Å². The number of aliphatic hydroxyl groups is 1. The van der Waals surface area contributed by atoms with Gasteiger partial charge in [0.15, 0.2) is 11.5 Å². The summed E-state index contributed by atoms with van der Waals surface area (Å²) in [5, 5.41) is 10.7. The molecule has 0 aliphatic heterocycles. The molecule has 2 unspecified atom stereocenters. The standard InChI is InChI=1S/C14H23ClN2O3/c1-3-19-12-7-9(14(18)11(17)5-6-16)10(15)8-13(12)20-4-2/h7-8,11,14,18H,3-6,16-17H2,1-2H3. The number of halogens is 1. The number of ether oxygens (including phenoxy) is 2. The summed E-state index contributed by atoms with van der Waals surface area (Å²) in [7, 11) is 0. The first-order valence-corrected chi connectivity index (χ1v) is 7.15. The Balaban J connectivity index is 3.10. The van der Waals surface area contributed by atoms with Crippen molar-refractivity contribution in [2.75, 3.05) is 19.8 Å². The van der Waals surface area contributed by atoms with Crippen molar-refractivity contribution in [1.29, 1.82) is 0 Å². The fraction of sp³-hybridized carbons (Fsp3) is 0.571. The van der Waals surface area contributed by atoms with E-state index < -0.39 is 12.1 Å². The second-order valence-corrected chi connectivity index (χ2v) is 4.78. The van der Waals surface area contributed by atoms with Gasteiger partial charge in [-0.05, 0) is 32.9 Å². The quantitative estimate of drug-likeness (QED) is 0.682. The lowest BCUT2D eigenvalue weighted by Gasteiger charge is -2.21. The average molecular weight is 303 g/mol. The molecule has 0 saturated carbocycles. The maximum Gasteiger partial charge on any atom is 0.162 e. The molecule has 20 heavy (non-hydrogen) atoms. The number of rotatable bonds is 8. The first-order valence-electron chi connectivity index (χ1n) is 6.77. The monoisotopic (exact) mass is 302 g/mol. The first-order chi connectivity index (χ1) is 9.54. The Bertz CT molecular complexity index is 429. The lowest BCUT2D eigenvalue weighted by atomic mass is 10.00. The van der Waals surface area contributed by atoms with Crippen molar-refractivity contribution in [3.05, 3.63) is 22.7 Å². The van der Waals surface area contributed by atoms with E-state index in [2.05, 4.69) is 0 Å². The van der Waals surface area contributed by atoms with Gasteiger partial charge in [0.25, 0.3) is 0 Å². The summed E-state index contributed by atoms with van der Waals surface area (Å²) in [6, 6.07) is 2.85. The van der Waals surface area contributed by atoms with Crippen LogP contribution in [0.3, 0.4) is 0 Å².